The first-order valence-electron chi connectivity index (χ1n) is 5.97. The summed E-state index contributed by atoms with van der Waals surface area (Å²) >= 11 is 0. The summed E-state index contributed by atoms with van der Waals surface area (Å²) in [6.07, 6.45) is 3.46. The van der Waals surface area contributed by atoms with Crippen molar-refractivity contribution in [1.29, 1.82) is 0 Å². The van der Waals surface area contributed by atoms with E-state index < -0.39 is 5.97 Å². The van der Waals surface area contributed by atoms with Crippen LogP contribution in [0.4, 0.5) is 0 Å². The predicted octanol–water partition coefficient (Wildman–Crippen LogP) is 2.78. The summed E-state index contributed by atoms with van der Waals surface area (Å²) in [6, 6.07) is 13.6. The Labute approximate surface area is 109 Å². The summed E-state index contributed by atoms with van der Waals surface area (Å²) in [5.74, 6) is -0.993. The molecule has 0 aliphatic heterocycles. The lowest BCUT2D eigenvalue weighted by Gasteiger charge is -2.07. The van der Waals surface area contributed by atoms with E-state index in [0.717, 1.165) is 10.9 Å². The summed E-state index contributed by atoms with van der Waals surface area (Å²) in [4.78, 5) is 15.1. The Morgan fingerprint density at radius 3 is 2.84 bits per heavy atom. The van der Waals surface area contributed by atoms with Crippen LogP contribution in [0.15, 0.2) is 54.9 Å². The van der Waals surface area contributed by atoms with Crippen LogP contribution in [0.1, 0.15) is 16.1 Å². The molecule has 4 nitrogen and oxygen atoms in total. The van der Waals surface area contributed by atoms with Gasteiger partial charge in [-0.15, -0.1) is 0 Å². The van der Waals surface area contributed by atoms with Gasteiger partial charge in [0.2, 0.25) is 0 Å². The molecule has 2 heterocycles. The van der Waals surface area contributed by atoms with E-state index in [1.165, 1.54) is 6.20 Å². The van der Waals surface area contributed by atoms with Gasteiger partial charge in [0, 0.05) is 30.0 Å². The number of nitrogens with zero attached hydrogens (tertiary/aromatic N) is 2. The molecule has 0 aliphatic rings. The lowest BCUT2D eigenvalue weighted by molar-refractivity contribution is 0.0689. The molecule has 0 spiro atoms. The first kappa shape index (κ1) is 11.5. The number of aromatic carboxylic acids is 1. The smallest absolute Gasteiger partial charge is 0.354 e. The van der Waals surface area contributed by atoms with Gasteiger partial charge < -0.3 is 9.67 Å². The second kappa shape index (κ2) is 4.57. The summed E-state index contributed by atoms with van der Waals surface area (Å²) in [5, 5.41) is 10.3. The van der Waals surface area contributed by atoms with Crippen LogP contribution in [0.2, 0.25) is 0 Å². The van der Waals surface area contributed by atoms with Gasteiger partial charge in [0.1, 0.15) is 0 Å². The molecule has 0 saturated carbocycles. The number of hydrogen-bond acceptors (Lipinski definition) is 2. The van der Waals surface area contributed by atoms with Crippen molar-refractivity contribution >= 4 is 16.9 Å². The summed E-state index contributed by atoms with van der Waals surface area (Å²) < 4.78 is 2.03. The highest BCUT2D eigenvalue weighted by molar-refractivity contribution is 5.87. The average Bonchev–Trinajstić information content (AvgIpc) is 2.83. The fourth-order valence-corrected chi connectivity index (χ4v) is 2.22. The molecule has 19 heavy (non-hydrogen) atoms. The number of para-hydroxylation sites is 1. The van der Waals surface area contributed by atoms with Crippen LogP contribution in [0.25, 0.3) is 10.9 Å². The van der Waals surface area contributed by atoms with Crippen LogP contribution in [0.5, 0.6) is 0 Å². The number of fused-ring (bicyclic) bond motifs is 1. The largest absolute Gasteiger partial charge is 0.477 e. The quantitative estimate of drug-likeness (QED) is 0.779. The highest BCUT2D eigenvalue weighted by Crippen LogP contribution is 2.17. The monoisotopic (exact) mass is 252 g/mol. The zero-order valence-corrected chi connectivity index (χ0v) is 10.2. The number of pyridine rings is 1. The van der Waals surface area contributed by atoms with Crippen LogP contribution < -0.4 is 0 Å². The minimum atomic E-state index is -0.993. The van der Waals surface area contributed by atoms with E-state index >= 15 is 0 Å². The van der Waals surface area contributed by atoms with Crippen molar-refractivity contribution in [2.75, 3.05) is 0 Å². The van der Waals surface area contributed by atoms with Crippen molar-refractivity contribution < 1.29 is 9.90 Å². The number of benzene rings is 1. The van der Waals surface area contributed by atoms with Gasteiger partial charge in [-0.1, -0.05) is 24.3 Å². The number of aromatic nitrogens is 2. The van der Waals surface area contributed by atoms with E-state index in [4.69, 9.17) is 5.11 Å². The van der Waals surface area contributed by atoms with Crippen LogP contribution in [-0.2, 0) is 6.54 Å². The maximum atomic E-state index is 11.1. The molecule has 2 aromatic heterocycles. The average molecular weight is 252 g/mol. The Balaban J connectivity index is 2.04. The van der Waals surface area contributed by atoms with E-state index in [1.807, 2.05) is 41.1 Å². The number of hydrogen-bond donors (Lipinski definition) is 1. The van der Waals surface area contributed by atoms with Gasteiger partial charge in [0.25, 0.3) is 0 Å². The summed E-state index contributed by atoms with van der Waals surface area (Å²) in [5.41, 5.74) is 1.90. The molecule has 3 aromatic rings. The van der Waals surface area contributed by atoms with E-state index in [9.17, 15) is 4.79 Å². The number of rotatable bonds is 3. The van der Waals surface area contributed by atoms with Crippen LogP contribution in [0, 0.1) is 0 Å². The maximum absolute atomic E-state index is 11.1. The van der Waals surface area contributed by atoms with Gasteiger partial charge >= 0.3 is 5.97 Å². The Kier molecular flexibility index (Phi) is 2.76. The molecule has 1 aromatic carbocycles. The normalized spacial score (nSPS) is 10.7. The molecule has 0 amide bonds. The molecule has 0 bridgehead atoms. The minimum absolute atomic E-state index is 0.111. The van der Waals surface area contributed by atoms with E-state index in [0.29, 0.717) is 12.1 Å². The Morgan fingerprint density at radius 1 is 1.16 bits per heavy atom. The number of carbonyl (C=O) groups is 1. The van der Waals surface area contributed by atoms with Crippen molar-refractivity contribution in [3.05, 3.63) is 66.1 Å². The minimum Gasteiger partial charge on any atom is -0.477 e. The highest BCUT2D eigenvalue weighted by Gasteiger charge is 2.11. The van der Waals surface area contributed by atoms with Gasteiger partial charge in [0.05, 0.1) is 0 Å². The van der Waals surface area contributed by atoms with Crippen molar-refractivity contribution in [2.45, 2.75) is 6.54 Å². The predicted molar refractivity (Wildman–Crippen MR) is 72.2 cm³/mol. The molecule has 4 heteroatoms. The lowest BCUT2D eigenvalue weighted by atomic mass is 10.2. The van der Waals surface area contributed by atoms with E-state index in [2.05, 4.69) is 4.98 Å². The van der Waals surface area contributed by atoms with Gasteiger partial charge in [-0.2, -0.15) is 0 Å². The molecule has 0 atom stereocenters. The summed E-state index contributed by atoms with van der Waals surface area (Å²) in [7, 11) is 0. The third-order valence-corrected chi connectivity index (χ3v) is 3.11. The van der Waals surface area contributed by atoms with Crippen LogP contribution >= 0.6 is 0 Å². The zero-order chi connectivity index (χ0) is 13.2. The van der Waals surface area contributed by atoms with Gasteiger partial charge in [-0.25, -0.2) is 9.78 Å². The van der Waals surface area contributed by atoms with Gasteiger partial charge in [-0.3, -0.25) is 0 Å². The third-order valence-electron chi connectivity index (χ3n) is 3.11. The second-order valence-corrected chi connectivity index (χ2v) is 4.32. The molecule has 0 fully saturated rings. The van der Waals surface area contributed by atoms with E-state index in [-0.39, 0.29) is 5.69 Å². The Hall–Kier alpha value is -2.62. The summed E-state index contributed by atoms with van der Waals surface area (Å²) in [6.45, 7) is 0.503. The maximum Gasteiger partial charge on any atom is 0.354 e. The van der Waals surface area contributed by atoms with Crippen LogP contribution in [0.3, 0.4) is 0 Å². The SMILES string of the molecule is O=C(O)c1ncccc1Cn1ccc2ccccc21. The molecule has 0 aliphatic carbocycles. The zero-order valence-electron chi connectivity index (χ0n) is 10.2. The first-order valence-corrected chi connectivity index (χ1v) is 5.97. The van der Waals surface area contributed by atoms with E-state index in [1.54, 1.807) is 12.1 Å². The van der Waals surface area contributed by atoms with Crippen molar-refractivity contribution in [3.8, 4) is 0 Å². The van der Waals surface area contributed by atoms with Crippen molar-refractivity contribution in [1.82, 2.24) is 9.55 Å². The van der Waals surface area contributed by atoms with Crippen molar-refractivity contribution in [2.24, 2.45) is 0 Å². The van der Waals surface area contributed by atoms with Gasteiger partial charge in [-0.05, 0) is 23.6 Å². The molecule has 94 valence electrons. The standard InChI is InChI=1S/C15H12N2O2/c18-15(19)14-12(5-3-8-16-14)10-17-9-7-11-4-1-2-6-13(11)17/h1-9H,10H2,(H,18,19). The lowest BCUT2D eigenvalue weighted by Crippen LogP contribution is -2.08. The fraction of sp³-hybridized carbons (Fsp3) is 0.0667. The number of carboxylic acids is 1. The Bertz CT molecular complexity index is 746. The molecular weight excluding hydrogens is 240 g/mol. The topological polar surface area (TPSA) is 55.1 Å². The fourth-order valence-electron chi connectivity index (χ4n) is 2.22. The Morgan fingerprint density at radius 2 is 2.00 bits per heavy atom. The highest BCUT2D eigenvalue weighted by atomic mass is 16.4. The van der Waals surface area contributed by atoms with Gasteiger partial charge in [0.15, 0.2) is 5.69 Å². The number of carboxylic acid groups (broad SMARTS) is 1. The van der Waals surface area contributed by atoms with Crippen molar-refractivity contribution in [3.63, 3.8) is 0 Å². The van der Waals surface area contributed by atoms with Crippen LogP contribution in [-0.4, -0.2) is 20.6 Å². The molecule has 0 saturated heterocycles. The molecule has 0 radical (unpaired) electrons. The molecule has 0 unspecified atom stereocenters. The second-order valence-electron chi connectivity index (χ2n) is 4.32. The molecular formula is C15H12N2O2. The first-order chi connectivity index (χ1) is 9.25. The molecule has 1 N–H and O–H groups in total. The molecule has 3 rings (SSSR count). The third kappa shape index (κ3) is 2.08.